The lowest BCUT2D eigenvalue weighted by Crippen LogP contribution is -1.91. The Balaban J connectivity index is 0.00000169. The second-order valence-corrected chi connectivity index (χ2v) is 4.62. The van der Waals surface area contributed by atoms with E-state index in [1.165, 1.54) is 29.5 Å². The number of hydrogen-bond acceptors (Lipinski definition) is 0. The van der Waals surface area contributed by atoms with E-state index in [9.17, 15) is 0 Å². The molecule has 1 rings (SSSR count). The Labute approximate surface area is 96.1 Å². The lowest BCUT2D eigenvalue weighted by Gasteiger charge is -2.12. The zero-order valence-corrected chi connectivity index (χ0v) is 11.2. The third-order valence-corrected chi connectivity index (χ3v) is 2.99. The standard InChI is InChI=1S/C12H19P.ClH/c1-4-5-12(13)11-7-9(2)6-10(3)8-11;/h6-8,12H,4-5,13H2,1-3H3;1H. The highest BCUT2D eigenvalue weighted by Gasteiger charge is 2.04. The summed E-state index contributed by atoms with van der Waals surface area (Å²) in [6.07, 6.45) is 2.51. The number of rotatable bonds is 3. The van der Waals surface area contributed by atoms with E-state index in [1.807, 2.05) is 0 Å². The highest BCUT2D eigenvalue weighted by molar-refractivity contribution is 7.17. The molecule has 0 fully saturated rings. The lowest BCUT2D eigenvalue weighted by molar-refractivity contribution is 0.777. The smallest absolute Gasteiger partial charge is 0.00145 e. The predicted molar refractivity (Wildman–Crippen MR) is 70.5 cm³/mol. The van der Waals surface area contributed by atoms with E-state index in [4.69, 9.17) is 0 Å². The van der Waals surface area contributed by atoms with E-state index >= 15 is 0 Å². The highest BCUT2D eigenvalue weighted by Crippen LogP contribution is 2.29. The Morgan fingerprint density at radius 2 is 1.64 bits per heavy atom. The Morgan fingerprint density at radius 1 is 1.14 bits per heavy atom. The molecule has 0 aliphatic rings. The first-order valence-corrected chi connectivity index (χ1v) is 5.64. The van der Waals surface area contributed by atoms with Gasteiger partial charge in [-0.2, -0.15) is 0 Å². The fourth-order valence-corrected chi connectivity index (χ4v) is 2.23. The van der Waals surface area contributed by atoms with Crippen molar-refractivity contribution >= 4 is 21.6 Å². The van der Waals surface area contributed by atoms with Crippen LogP contribution in [0, 0.1) is 13.8 Å². The molecule has 0 aliphatic carbocycles. The number of halogens is 1. The molecule has 0 saturated carbocycles. The lowest BCUT2D eigenvalue weighted by atomic mass is 10.0. The highest BCUT2D eigenvalue weighted by atomic mass is 35.5. The van der Waals surface area contributed by atoms with Gasteiger partial charge in [-0.25, -0.2) is 0 Å². The second-order valence-electron chi connectivity index (χ2n) is 3.82. The average molecular weight is 231 g/mol. The maximum Gasteiger partial charge on any atom is -0.00145 e. The summed E-state index contributed by atoms with van der Waals surface area (Å²) in [5.41, 5.74) is 4.84. The molecular weight excluding hydrogens is 211 g/mol. The van der Waals surface area contributed by atoms with Gasteiger partial charge in [-0.3, -0.25) is 0 Å². The first-order chi connectivity index (χ1) is 6.13. The predicted octanol–water partition coefficient (Wildman–Crippen LogP) is 4.44. The molecule has 2 unspecified atom stereocenters. The van der Waals surface area contributed by atoms with Crippen LogP contribution in [-0.4, -0.2) is 0 Å². The molecule has 0 heterocycles. The van der Waals surface area contributed by atoms with E-state index in [0.29, 0.717) is 5.66 Å². The van der Waals surface area contributed by atoms with Gasteiger partial charge in [0.15, 0.2) is 0 Å². The van der Waals surface area contributed by atoms with Gasteiger partial charge in [-0.15, -0.1) is 21.6 Å². The van der Waals surface area contributed by atoms with Crippen LogP contribution in [0.15, 0.2) is 18.2 Å². The molecule has 80 valence electrons. The Morgan fingerprint density at radius 3 is 2.07 bits per heavy atom. The Kier molecular flexibility index (Phi) is 6.40. The molecule has 1 aromatic carbocycles. The molecule has 0 aliphatic heterocycles. The van der Waals surface area contributed by atoms with Crippen LogP contribution in [0.25, 0.3) is 0 Å². The maximum absolute atomic E-state index is 2.94. The summed E-state index contributed by atoms with van der Waals surface area (Å²) in [6, 6.07) is 6.81. The van der Waals surface area contributed by atoms with Gasteiger partial charge in [0.2, 0.25) is 0 Å². The van der Waals surface area contributed by atoms with Crippen molar-refractivity contribution in [2.24, 2.45) is 0 Å². The number of hydrogen-bond donors (Lipinski definition) is 0. The molecule has 0 bridgehead atoms. The molecule has 0 saturated heterocycles. The maximum atomic E-state index is 2.94. The van der Waals surface area contributed by atoms with Gasteiger partial charge >= 0.3 is 0 Å². The summed E-state index contributed by atoms with van der Waals surface area (Å²) in [7, 11) is 2.94. The molecule has 14 heavy (non-hydrogen) atoms. The monoisotopic (exact) mass is 230 g/mol. The fourth-order valence-electron chi connectivity index (χ4n) is 1.70. The van der Waals surface area contributed by atoms with Gasteiger partial charge in [-0.1, -0.05) is 42.7 Å². The zero-order chi connectivity index (χ0) is 9.84. The summed E-state index contributed by atoms with van der Waals surface area (Å²) >= 11 is 0. The third-order valence-electron chi connectivity index (χ3n) is 2.27. The van der Waals surface area contributed by atoms with E-state index in [-0.39, 0.29) is 12.4 Å². The molecule has 0 amide bonds. The van der Waals surface area contributed by atoms with E-state index in [1.54, 1.807) is 0 Å². The Hall–Kier alpha value is -0.0600. The van der Waals surface area contributed by atoms with Crippen molar-refractivity contribution in [3.8, 4) is 0 Å². The van der Waals surface area contributed by atoms with Crippen LogP contribution >= 0.6 is 21.6 Å². The molecular formula is C12H20ClP. The van der Waals surface area contributed by atoms with Gasteiger partial charge in [-0.05, 0) is 31.5 Å². The first kappa shape index (κ1) is 13.9. The van der Waals surface area contributed by atoms with E-state index in [0.717, 1.165) is 0 Å². The van der Waals surface area contributed by atoms with Crippen molar-refractivity contribution in [1.29, 1.82) is 0 Å². The molecule has 0 radical (unpaired) electrons. The minimum Gasteiger partial charge on any atom is -0.147 e. The summed E-state index contributed by atoms with van der Waals surface area (Å²) in [5, 5.41) is 0. The molecule has 0 aromatic heterocycles. The minimum absolute atomic E-state index is 0. The largest absolute Gasteiger partial charge is 0.147 e. The normalized spacial score (nSPS) is 12.0. The van der Waals surface area contributed by atoms with Crippen molar-refractivity contribution < 1.29 is 0 Å². The fraction of sp³-hybridized carbons (Fsp3) is 0.500. The van der Waals surface area contributed by atoms with Crippen molar-refractivity contribution in [2.45, 2.75) is 39.3 Å². The molecule has 1 aromatic rings. The van der Waals surface area contributed by atoms with Crippen LogP contribution in [0.2, 0.25) is 0 Å². The van der Waals surface area contributed by atoms with Crippen molar-refractivity contribution in [3.63, 3.8) is 0 Å². The van der Waals surface area contributed by atoms with Crippen LogP contribution in [-0.2, 0) is 0 Å². The van der Waals surface area contributed by atoms with Gasteiger partial charge in [0.25, 0.3) is 0 Å². The van der Waals surface area contributed by atoms with Crippen LogP contribution in [0.3, 0.4) is 0 Å². The molecule has 2 heteroatoms. The van der Waals surface area contributed by atoms with Crippen LogP contribution in [0.1, 0.15) is 42.1 Å². The quantitative estimate of drug-likeness (QED) is 0.674. The van der Waals surface area contributed by atoms with Gasteiger partial charge in [0, 0.05) is 0 Å². The first-order valence-electron chi connectivity index (χ1n) is 4.97. The van der Waals surface area contributed by atoms with Crippen molar-refractivity contribution in [3.05, 3.63) is 34.9 Å². The summed E-state index contributed by atoms with van der Waals surface area (Å²) in [4.78, 5) is 0. The third kappa shape index (κ3) is 3.98. The van der Waals surface area contributed by atoms with Gasteiger partial charge < -0.3 is 0 Å². The van der Waals surface area contributed by atoms with E-state index < -0.39 is 0 Å². The summed E-state index contributed by atoms with van der Waals surface area (Å²) in [5.74, 6) is 0. The topological polar surface area (TPSA) is 0 Å². The van der Waals surface area contributed by atoms with Crippen LogP contribution in [0.5, 0.6) is 0 Å². The zero-order valence-electron chi connectivity index (χ0n) is 9.21. The SMILES string of the molecule is CCCC(P)c1cc(C)cc(C)c1.Cl. The van der Waals surface area contributed by atoms with Crippen molar-refractivity contribution in [1.82, 2.24) is 0 Å². The number of aryl methyl sites for hydroxylation is 2. The van der Waals surface area contributed by atoms with E-state index in [2.05, 4.69) is 48.2 Å². The van der Waals surface area contributed by atoms with Crippen LogP contribution < -0.4 is 0 Å². The van der Waals surface area contributed by atoms with Gasteiger partial charge in [0.1, 0.15) is 0 Å². The summed E-state index contributed by atoms with van der Waals surface area (Å²) < 4.78 is 0. The molecule has 2 atom stereocenters. The van der Waals surface area contributed by atoms with Crippen molar-refractivity contribution in [2.75, 3.05) is 0 Å². The van der Waals surface area contributed by atoms with Crippen LogP contribution in [0.4, 0.5) is 0 Å². The number of benzene rings is 1. The summed E-state index contributed by atoms with van der Waals surface area (Å²) in [6.45, 7) is 6.57. The van der Waals surface area contributed by atoms with Gasteiger partial charge in [0.05, 0.1) is 0 Å². The molecule has 0 N–H and O–H groups in total. The average Bonchev–Trinajstić information content (AvgIpc) is 2.03. The Bertz CT molecular complexity index is 263. The molecule has 0 spiro atoms. The molecule has 0 nitrogen and oxygen atoms in total. The minimum atomic E-state index is 0. The second kappa shape index (κ2) is 6.43.